The van der Waals surface area contributed by atoms with Crippen molar-refractivity contribution in [1.29, 1.82) is 0 Å². The van der Waals surface area contributed by atoms with E-state index in [-0.39, 0.29) is 0 Å². The second-order valence-electron chi connectivity index (χ2n) is 6.64. The van der Waals surface area contributed by atoms with Gasteiger partial charge in [-0.25, -0.2) is 18.6 Å². The predicted octanol–water partition coefficient (Wildman–Crippen LogP) is 0.0680. The van der Waals surface area contributed by atoms with Gasteiger partial charge in [-0.3, -0.25) is 0 Å². The second-order valence-corrected chi connectivity index (χ2v) is 8.85. The van der Waals surface area contributed by atoms with Crippen LogP contribution in [0.15, 0.2) is 54.4 Å². The molecule has 0 saturated carbocycles. The van der Waals surface area contributed by atoms with Gasteiger partial charge in [0.2, 0.25) is 5.88 Å². The van der Waals surface area contributed by atoms with E-state index in [9.17, 15) is 0 Å². The van der Waals surface area contributed by atoms with E-state index in [0.29, 0.717) is 0 Å². The SMILES string of the molecule is Cc1cc(/C=C2\Oc3ccccc3N2C)nc2sc3cc(Cl)ccc3[n+]12.[O-][Cl+3]([O-])([O-])[O-]. The molecule has 0 atom stereocenters. The van der Waals surface area contributed by atoms with E-state index in [0.717, 1.165) is 48.9 Å². The van der Waals surface area contributed by atoms with Crippen LogP contribution in [0, 0.1) is 17.2 Å². The average molecular weight is 480 g/mol. The summed E-state index contributed by atoms with van der Waals surface area (Å²) in [5, 5.41) is 0.739. The van der Waals surface area contributed by atoms with Gasteiger partial charge in [0, 0.05) is 18.1 Å². The van der Waals surface area contributed by atoms with Gasteiger partial charge in [-0.1, -0.05) is 23.7 Å². The Hall–Kier alpha value is -2.50. The first-order chi connectivity index (χ1) is 14.6. The smallest absolute Gasteiger partial charge is 0.388 e. The maximum atomic E-state index is 8.49. The number of fused-ring (bicyclic) bond motifs is 4. The molecule has 5 rings (SSSR count). The summed E-state index contributed by atoms with van der Waals surface area (Å²) in [6.45, 7) is 2.09. The summed E-state index contributed by atoms with van der Waals surface area (Å²) < 4.78 is 43.2. The average Bonchev–Trinajstić information content (AvgIpc) is 3.18. The minimum Gasteiger partial charge on any atom is -0.438 e. The Bertz CT molecular complexity index is 1310. The van der Waals surface area contributed by atoms with Crippen molar-refractivity contribution in [2.24, 2.45) is 0 Å². The number of ether oxygens (including phenoxy) is 1. The lowest BCUT2D eigenvalue weighted by Crippen LogP contribution is -2.68. The monoisotopic (exact) mass is 479 g/mol. The molecule has 0 saturated heterocycles. The number of anilines is 1. The highest BCUT2D eigenvalue weighted by molar-refractivity contribution is 7.22. The van der Waals surface area contributed by atoms with Crippen molar-refractivity contribution in [3.05, 3.63) is 70.8 Å². The van der Waals surface area contributed by atoms with Crippen molar-refractivity contribution in [2.45, 2.75) is 6.92 Å². The molecule has 2 aromatic carbocycles. The number of aromatic nitrogens is 2. The molecule has 1 aliphatic heterocycles. The van der Waals surface area contributed by atoms with E-state index in [1.165, 1.54) is 0 Å². The zero-order valence-corrected chi connectivity index (χ0v) is 18.6. The number of aryl methyl sites for hydroxylation is 1. The molecule has 3 heterocycles. The Balaban J connectivity index is 0.000000418. The van der Waals surface area contributed by atoms with E-state index in [1.807, 2.05) is 60.5 Å². The molecule has 0 amide bonds. The van der Waals surface area contributed by atoms with Crippen LogP contribution in [0.3, 0.4) is 0 Å². The number of para-hydroxylation sites is 2. The topological polar surface area (TPSA) is 122 Å². The number of hydrogen-bond acceptors (Lipinski definition) is 8. The first-order valence-corrected chi connectivity index (χ1v) is 11.3. The Morgan fingerprint density at radius 2 is 1.84 bits per heavy atom. The minimum absolute atomic E-state index is 0.739. The molecule has 0 fully saturated rings. The third kappa shape index (κ3) is 4.73. The Morgan fingerprint density at radius 3 is 2.55 bits per heavy atom. The number of rotatable bonds is 1. The van der Waals surface area contributed by atoms with Crippen molar-refractivity contribution in [2.75, 3.05) is 11.9 Å². The fourth-order valence-corrected chi connectivity index (χ4v) is 4.65. The fourth-order valence-electron chi connectivity index (χ4n) is 3.28. The molecule has 160 valence electrons. The van der Waals surface area contributed by atoms with Crippen molar-refractivity contribution < 1.29 is 38.0 Å². The van der Waals surface area contributed by atoms with Gasteiger partial charge in [0.15, 0.2) is 17.0 Å². The molecule has 8 nitrogen and oxygen atoms in total. The molecule has 0 bridgehead atoms. The van der Waals surface area contributed by atoms with Crippen LogP contribution in [0.4, 0.5) is 5.69 Å². The van der Waals surface area contributed by atoms with Crippen molar-refractivity contribution in [3.63, 3.8) is 0 Å². The zero-order valence-electron chi connectivity index (χ0n) is 16.2. The number of thiazole rings is 1. The predicted molar refractivity (Wildman–Crippen MR) is 106 cm³/mol. The van der Waals surface area contributed by atoms with Crippen LogP contribution >= 0.6 is 22.9 Å². The maximum Gasteiger partial charge on any atom is 0.388 e. The van der Waals surface area contributed by atoms with E-state index in [4.69, 9.17) is 40.0 Å². The van der Waals surface area contributed by atoms with Crippen LogP contribution in [-0.2, 0) is 0 Å². The Labute approximate surface area is 188 Å². The molecule has 0 spiro atoms. The summed E-state index contributed by atoms with van der Waals surface area (Å²) in [5.41, 5.74) is 4.17. The van der Waals surface area contributed by atoms with Gasteiger partial charge in [-0.15, -0.1) is 10.2 Å². The van der Waals surface area contributed by atoms with Crippen molar-refractivity contribution >= 4 is 49.9 Å². The second kappa shape index (κ2) is 8.21. The van der Waals surface area contributed by atoms with Crippen LogP contribution in [0.2, 0.25) is 5.02 Å². The van der Waals surface area contributed by atoms with Gasteiger partial charge in [0.05, 0.1) is 16.5 Å². The lowest BCUT2D eigenvalue weighted by atomic mass is 10.3. The highest BCUT2D eigenvalue weighted by atomic mass is 35.7. The van der Waals surface area contributed by atoms with Crippen molar-refractivity contribution in [3.8, 4) is 5.75 Å². The molecule has 0 unspecified atom stereocenters. The van der Waals surface area contributed by atoms with Crippen molar-refractivity contribution in [1.82, 2.24) is 4.98 Å². The van der Waals surface area contributed by atoms with Gasteiger partial charge < -0.3 is 9.64 Å². The summed E-state index contributed by atoms with van der Waals surface area (Å²) >= 11 is 7.77. The Kier molecular flexibility index (Phi) is 5.75. The van der Waals surface area contributed by atoms with Gasteiger partial charge >= 0.3 is 4.96 Å². The molecule has 2 aromatic heterocycles. The van der Waals surface area contributed by atoms with Crippen LogP contribution in [0.5, 0.6) is 5.75 Å². The summed E-state index contributed by atoms with van der Waals surface area (Å²) in [6.07, 6.45) is 1.98. The lowest BCUT2D eigenvalue weighted by Gasteiger charge is -2.17. The Morgan fingerprint density at radius 1 is 1.13 bits per heavy atom. The van der Waals surface area contributed by atoms with Crippen LogP contribution in [0.25, 0.3) is 21.3 Å². The minimum atomic E-state index is -4.94. The highest BCUT2D eigenvalue weighted by Crippen LogP contribution is 2.37. The first kappa shape index (κ1) is 21.7. The molecule has 1 aliphatic rings. The third-order valence-electron chi connectivity index (χ3n) is 4.53. The number of halogens is 2. The number of nitrogens with zero attached hydrogens (tertiary/aromatic N) is 3. The zero-order chi connectivity index (χ0) is 22.3. The summed E-state index contributed by atoms with van der Waals surface area (Å²) in [7, 11) is -2.95. The molecule has 0 radical (unpaired) electrons. The molecule has 0 N–H and O–H groups in total. The van der Waals surface area contributed by atoms with Gasteiger partial charge in [0.25, 0.3) is 0 Å². The summed E-state index contributed by atoms with van der Waals surface area (Å²) in [5.74, 6) is 1.64. The third-order valence-corrected chi connectivity index (χ3v) is 5.77. The first-order valence-electron chi connectivity index (χ1n) is 8.86. The quantitative estimate of drug-likeness (QED) is 0.354. The largest absolute Gasteiger partial charge is 0.438 e. The number of hydrogen-bond donors (Lipinski definition) is 0. The number of benzene rings is 2. The van der Waals surface area contributed by atoms with Gasteiger partial charge in [-0.05, 0) is 53.6 Å². The van der Waals surface area contributed by atoms with E-state index >= 15 is 0 Å². The maximum absolute atomic E-state index is 8.49. The van der Waals surface area contributed by atoms with Crippen LogP contribution in [0.1, 0.15) is 11.4 Å². The van der Waals surface area contributed by atoms with E-state index in [1.54, 1.807) is 11.3 Å². The lowest BCUT2D eigenvalue weighted by molar-refractivity contribution is -2.00. The van der Waals surface area contributed by atoms with Crippen LogP contribution in [-0.4, -0.2) is 12.0 Å². The highest BCUT2D eigenvalue weighted by Gasteiger charge is 2.24. The molecule has 31 heavy (non-hydrogen) atoms. The summed E-state index contributed by atoms with van der Waals surface area (Å²) in [6, 6.07) is 16.0. The van der Waals surface area contributed by atoms with Crippen LogP contribution < -0.4 is 32.7 Å². The molecular weight excluding hydrogens is 465 g/mol. The van der Waals surface area contributed by atoms with Gasteiger partial charge in [-0.2, -0.15) is 4.40 Å². The molecule has 11 heteroatoms. The summed E-state index contributed by atoms with van der Waals surface area (Å²) in [4.78, 5) is 7.79. The molecule has 4 aromatic rings. The van der Waals surface area contributed by atoms with Gasteiger partial charge in [0.1, 0.15) is 5.69 Å². The van der Waals surface area contributed by atoms with E-state index < -0.39 is 10.2 Å². The van der Waals surface area contributed by atoms with E-state index in [2.05, 4.69) is 17.4 Å². The fraction of sp³-hybridized carbons (Fsp3) is 0.100. The molecule has 0 aliphatic carbocycles. The standard InChI is InChI=1S/C20H15ClN3OS.ClHO4/c1-12-9-14(11-19-23(2)15-5-3-4-6-17(15)25-19)22-20-24(12)16-8-7-13(21)10-18(16)26-20;2-1(3,4)5/h3-11H,1-2H3;(H,2,3,4,5)/q+1;/p-1. The molecular formula is C20H15Cl2N3O5S. The normalized spacial score (nSPS) is 14.5.